The highest BCUT2D eigenvalue weighted by molar-refractivity contribution is 5.84. The van der Waals surface area contributed by atoms with Gasteiger partial charge in [0.2, 0.25) is 0 Å². The van der Waals surface area contributed by atoms with E-state index in [1.54, 1.807) is 4.90 Å². The standard InChI is InChI=1S/C12H17N5O3/c1-8(2)3-4-13-12(20)16-5-9(6-16)17-7-10(11(18)19)14-15-17/h3,7,9H,4-6H2,1-2H3,(H,13,20)(H,18,19). The van der Waals surface area contributed by atoms with Crippen LogP contribution < -0.4 is 5.32 Å². The molecule has 0 radical (unpaired) electrons. The van der Waals surface area contributed by atoms with Crippen molar-refractivity contribution in [3.8, 4) is 0 Å². The molecule has 0 bridgehead atoms. The fourth-order valence-electron chi connectivity index (χ4n) is 1.80. The van der Waals surface area contributed by atoms with Crippen LogP contribution in [-0.4, -0.2) is 56.6 Å². The number of hydrogen-bond acceptors (Lipinski definition) is 4. The van der Waals surface area contributed by atoms with Crippen LogP contribution in [0.15, 0.2) is 17.8 Å². The zero-order valence-electron chi connectivity index (χ0n) is 11.4. The van der Waals surface area contributed by atoms with Gasteiger partial charge in [-0.15, -0.1) is 5.10 Å². The van der Waals surface area contributed by atoms with Gasteiger partial charge in [-0.1, -0.05) is 16.9 Å². The fourth-order valence-corrected chi connectivity index (χ4v) is 1.80. The highest BCUT2D eigenvalue weighted by Gasteiger charge is 2.32. The average molecular weight is 279 g/mol. The minimum atomic E-state index is -1.10. The van der Waals surface area contributed by atoms with Gasteiger partial charge in [-0.2, -0.15) is 0 Å². The maximum absolute atomic E-state index is 11.7. The number of nitrogens with one attached hydrogen (secondary N) is 1. The molecule has 0 saturated carbocycles. The number of urea groups is 1. The van der Waals surface area contributed by atoms with Gasteiger partial charge in [0.05, 0.1) is 12.2 Å². The second kappa shape index (κ2) is 5.72. The van der Waals surface area contributed by atoms with Crippen molar-refractivity contribution < 1.29 is 14.7 Å². The normalized spacial score (nSPS) is 14.6. The van der Waals surface area contributed by atoms with Gasteiger partial charge in [-0.25, -0.2) is 14.3 Å². The molecule has 108 valence electrons. The van der Waals surface area contributed by atoms with Gasteiger partial charge in [0, 0.05) is 19.6 Å². The molecule has 20 heavy (non-hydrogen) atoms. The van der Waals surface area contributed by atoms with Crippen LogP contribution in [0.25, 0.3) is 0 Å². The summed E-state index contributed by atoms with van der Waals surface area (Å²) in [5.41, 5.74) is 1.06. The van der Waals surface area contributed by atoms with E-state index in [-0.39, 0.29) is 17.8 Å². The smallest absolute Gasteiger partial charge is 0.358 e. The van der Waals surface area contributed by atoms with Crippen molar-refractivity contribution in [1.29, 1.82) is 0 Å². The van der Waals surface area contributed by atoms with Gasteiger partial charge in [0.25, 0.3) is 0 Å². The van der Waals surface area contributed by atoms with Crippen LogP contribution in [0.2, 0.25) is 0 Å². The molecule has 8 heteroatoms. The number of hydrogen-bond donors (Lipinski definition) is 2. The molecule has 1 aromatic rings. The van der Waals surface area contributed by atoms with E-state index in [9.17, 15) is 9.59 Å². The predicted molar refractivity (Wildman–Crippen MR) is 70.4 cm³/mol. The Kier molecular flexibility index (Phi) is 4.02. The lowest BCUT2D eigenvalue weighted by atomic mass is 10.1. The minimum Gasteiger partial charge on any atom is -0.476 e. The molecule has 2 N–H and O–H groups in total. The molecule has 8 nitrogen and oxygen atoms in total. The van der Waals surface area contributed by atoms with Crippen molar-refractivity contribution in [2.45, 2.75) is 19.9 Å². The summed E-state index contributed by atoms with van der Waals surface area (Å²) in [6, 6.07) is -0.137. The number of carboxylic acids is 1. The Morgan fingerprint density at radius 2 is 2.20 bits per heavy atom. The van der Waals surface area contributed by atoms with Crippen LogP contribution in [0.4, 0.5) is 4.79 Å². The topological polar surface area (TPSA) is 100 Å². The second-order valence-electron chi connectivity index (χ2n) is 4.92. The van der Waals surface area contributed by atoms with E-state index in [0.717, 1.165) is 5.57 Å². The van der Waals surface area contributed by atoms with Crippen molar-refractivity contribution >= 4 is 12.0 Å². The molecule has 2 rings (SSSR count). The molecule has 1 saturated heterocycles. The number of carbonyl (C=O) groups excluding carboxylic acids is 1. The Morgan fingerprint density at radius 3 is 2.75 bits per heavy atom. The zero-order valence-corrected chi connectivity index (χ0v) is 11.4. The lowest BCUT2D eigenvalue weighted by molar-refractivity contribution is 0.0690. The first kappa shape index (κ1) is 14.0. The molecular formula is C12H17N5O3. The van der Waals surface area contributed by atoms with Crippen molar-refractivity contribution in [2.75, 3.05) is 19.6 Å². The summed E-state index contributed by atoms with van der Waals surface area (Å²) in [7, 11) is 0. The number of carboxylic acid groups (broad SMARTS) is 1. The fraction of sp³-hybridized carbons (Fsp3) is 0.500. The lowest BCUT2D eigenvalue weighted by Crippen LogP contribution is -2.54. The van der Waals surface area contributed by atoms with Gasteiger partial charge in [0.15, 0.2) is 5.69 Å². The molecule has 0 aliphatic carbocycles. The average Bonchev–Trinajstić information content (AvgIpc) is 2.75. The van der Waals surface area contributed by atoms with Crippen LogP contribution in [0.1, 0.15) is 30.4 Å². The molecule has 1 aromatic heterocycles. The van der Waals surface area contributed by atoms with E-state index in [4.69, 9.17) is 5.11 Å². The maximum atomic E-state index is 11.7. The van der Waals surface area contributed by atoms with Gasteiger partial charge in [-0.05, 0) is 13.8 Å². The van der Waals surface area contributed by atoms with Crippen LogP contribution in [0.3, 0.4) is 0 Å². The SMILES string of the molecule is CC(C)=CCNC(=O)N1CC(n2cc(C(=O)O)nn2)C1. The Labute approximate surface area is 116 Å². The summed E-state index contributed by atoms with van der Waals surface area (Å²) in [4.78, 5) is 24.1. The lowest BCUT2D eigenvalue weighted by Gasteiger charge is -2.38. The van der Waals surface area contributed by atoms with Crippen LogP contribution in [0, 0.1) is 0 Å². The summed E-state index contributed by atoms with van der Waals surface area (Å²) in [6.07, 6.45) is 3.32. The van der Waals surface area contributed by atoms with Gasteiger partial charge < -0.3 is 15.3 Å². The summed E-state index contributed by atoms with van der Waals surface area (Å²) in [5, 5.41) is 18.8. The van der Waals surface area contributed by atoms with Crippen molar-refractivity contribution in [3.63, 3.8) is 0 Å². The minimum absolute atomic E-state index is 0.00944. The zero-order chi connectivity index (χ0) is 14.7. The number of likely N-dealkylation sites (tertiary alicyclic amines) is 1. The molecule has 0 unspecified atom stereocenters. The Hall–Kier alpha value is -2.38. The molecule has 0 spiro atoms. The first-order valence-electron chi connectivity index (χ1n) is 6.28. The predicted octanol–water partition coefficient (Wildman–Crippen LogP) is 0.509. The number of amides is 2. The van der Waals surface area contributed by atoms with Crippen LogP contribution in [0.5, 0.6) is 0 Å². The molecular weight excluding hydrogens is 262 g/mol. The van der Waals surface area contributed by atoms with Crippen LogP contribution >= 0.6 is 0 Å². The van der Waals surface area contributed by atoms with Gasteiger partial charge in [-0.3, -0.25) is 0 Å². The molecule has 0 atom stereocenters. The summed E-state index contributed by atoms with van der Waals surface area (Å²) in [6.45, 7) is 5.45. The van der Waals surface area contributed by atoms with E-state index in [1.165, 1.54) is 10.9 Å². The summed E-state index contributed by atoms with van der Waals surface area (Å²) < 4.78 is 1.49. The highest BCUT2D eigenvalue weighted by atomic mass is 16.4. The Morgan fingerprint density at radius 1 is 1.50 bits per heavy atom. The second-order valence-corrected chi connectivity index (χ2v) is 4.92. The van der Waals surface area contributed by atoms with Crippen molar-refractivity contribution in [3.05, 3.63) is 23.5 Å². The van der Waals surface area contributed by atoms with Gasteiger partial charge in [0.1, 0.15) is 0 Å². The molecule has 2 heterocycles. The monoisotopic (exact) mass is 279 g/mol. The third-order valence-electron chi connectivity index (χ3n) is 3.02. The number of rotatable bonds is 4. The molecule has 2 amide bonds. The quantitative estimate of drug-likeness (QED) is 0.782. The molecule has 0 aromatic carbocycles. The van der Waals surface area contributed by atoms with E-state index in [1.807, 2.05) is 19.9 Å². The van der Waals surface area contributed by atoms with E-state index in [0.29, 0.717) is 19.6 Å². The number of allylic oxidation sites excluding steroid dienone is 1. The molecule has 1 fully saturated rings. The molecule has 1 aliphatic rings. The number of carbonyl (C=O) groups is 2. The summed E-state index contributed by atoms with van der Waals surface area (Å²) in [5.74, 6) is -1.10. The van der Waals surface area contributed by atoms with Crippen molar-refractivity contribution in [1.82, 2.24) is 25.2 Å². The molecule has 1 aliphatic heterocycles. The Balaban J connectivity index is 1.80. The van der Waals surface area contributed by atoms with Crippen LogP contribution in [-0.2, 0) is 0 Å². The van der Waals surface area contributed by atoms with Gasteiger partial charge >= 0.3 is 12.0 Å². The Bertz CT molecular complexity index is 541. The van der Waals surface area contributed by atoms with Crippen molar-refractivity contribution in [2.24, 2.45) is 0 Å². The number of aromatic nitrogens is 3. The van der Waals surface area contributed by atoms with E-state index >= 15 is 0 Å². The third kappa shape index (κ3) is 3.14. The largest absolute Gasteiger partial charge is 0.476 e. The number of nitrogens with zero attached hydrogens (tertiary/aromatic N) is 4. The first-order chi connectivity index (χ1) is 9.47. The van der Waals surface area contributed by atoms with E-state index < -0.39 is 5.97 Å². The number of aromatic carboxylic acids is 1. The third-order valence-corrected chi connectivity index (χ3v) is 3.02. The first-order valence-corrected chi connectivity index (χ1v) is 6.28. The maximum Gasteiger partial charge on any atom is 0.358 e. The highest BCUT2D eigenvalue weighted by Crippen LogP contribution is 2.20. The summed E-state index contributed by atoms with van der Waals surface area (Å²) >= 11 is 0. The van der Waals surface area contributed by atoms with E-state index in [2.05, 4.69) is 15.6 Å².